The first-order valence-corrected chi connectivity index (χ1v) is 10.5. The van der Waals surface area contributed by atoms with Crippen LogP contribution in [0.5, 0.6) is 11.5 Å². The van der Waals surface area contributed by atoms with Gasteiger partial charge in [-0.15, -0.1) is 0 Å². The zero-order chi connectivity index (χ0) is 21.5. The molecule has 0 aliphatic rings. The van der Waals surface area contributed by atoms with Crippen LogP contribution in [0.15, 0.2) is 104 Å². The van der Waals surface area contributed by atoms with E-state index in [2.05, 4.69) is 25.9 Å². The number of fused-ring (bicyclic) bond motifs is 2. The molecule has 0 fully saturated rings. The van der Waals surface area contributed by atoms with Crippen LogP contribution < -0.4 is 4.74 Å². The summed E-state index contributed by atoms with van der Waals surface area (Å²) in [6, 6.07) is 28.2. The highest BCUT2D eigenvalue weighted by molar-refractivity contribution is 5.67. The van der Waals surface area contributed by atoms with Crippen molar-refractivity contribution in [2.45, 2.75) is 6.92 Å². The summed E-state index contributed by atoms with van der Waals surface area (Å²) in [5.41, 5.74) is 5.18. The van der Waals surface area contributed by atoms with Crippen molar-refractivity contribution in [1.82, 2.24) is 18.8 Å². The second-order valence-corrected chi connectivity index (χ2v) is 7.71. The van der Waals surface area contributed by atoms with Gasteiger partial charge in [-0.3, -0.25) is 8.80 Å². The van der Waals surface area contributed by atoms with Gasteiger partial charge in [0.15, 0.2) is 0 Å². The zero-order valence-electron chi connectivity index (χ0n) is 17.5. The van der Waals surface area contributed by atoms with E-state index in [1.807, 2.05) is 98.3 Å². The normalized spacial score (nSPS) is 11.3. The summed E-state index contributed by atoms with van der Waals surface area (Å²) >= 11 is 0. The van der Waals surface area contributed by atoms with E-state index in [0.29, 0.717) is 0 Å². The van der Waals surface area contributed by atoms with Crippen molar-refractivity contribution in [3.63, 3.8) is 0 Å². The van der Waals surface area contributed by atoms with Crippen LogP contribution in [0.4, 0.5) is 0 Å². The fourth-order valence-corrected chi connectivity index (χ4v) is 4.09. The van der Waals surface area contributed by atoms with Gasteiger partial charge in [0, 0.05) is 23.5 Å². The van der Waals surface area contributed by atoms with E-state index in [4.69, 9.17) is 9.72 Å². The molecule has 0 atom stereocenters. The number of imidazole rings is 2. The van der Waals surface area contributed by atoms with Crippen molar-refractivity contribution in [2.24, 2.45) is 0 Å². The van der Waals surface area contributed by atoms with Crippen molar-refractivity contribution in [1.29, 1.82) is 0 Å². The lowest BCUT2D eigenvalue weighted by atomic mass is 10.2. The quantitative estimate of drug-likeness (QED) is 0.333. The second-order valence-electron chi connectivity index (χ2n) is 7.71. The van der Waals surface area contributed by atoms with Gasteiger partial charge in [-0.25, -0.2) is 9.97 Å². The van der Waals surface area contributed by atoms with Crippen LogP contribution in [-0.2, 0) is 0 Å². The number of ether oxygens (including phenoxy) is 1. The van der Waals surface area contributed by atoms with Gasteiger partial charge in [0.1, 0.15) is 23.1 Å². The Labute approximate surface area is 185 Å². The molecule has 0 amide bonds. The smallest absolute Gasteiger partial charge is 0.144 e. The second kappa shape index (κ2) is 7.39. The van der Waals surface area contributed by atoms with E-state index in [1.165, 1.54) is 0 Å². The fourth-order valence-electron chi connectivity index (χ4n) is 4.09. The van der Waals surface area contributed by atoms with E-state index in [0.717, 1.165) is 51.0 Å². The van der Waals surface area contributed by atoms with Crippen molar-refractivity contribution in [3.05, 3.63) is 109 Å². The molecule has 6 aromatic rings. The molecule has 2 aromatic carbocycles. The molecule has 4 aromatic heterocycles. The van der Waals surface area contributed by atoms with Gasteiger partial charge in [0.2, 0.25) is 0 Å². The van der Waals surface area contributed by atoms with Gasteiger partial charge in [-0.1, -0.05) is 36.4 Å². The summed E-state index contributed by atoms with van der Waals surface area (Å²) in [6.07, 6.45) is 5.94. The Hall–Kier alpha value is -4.38. The highest BCUT2D eigenvalue weighted by atomic mass is 16.5. The Morgan fingerprint density at radius 3 is 2.16 bits per heavy atom. The first kappa shape index (κ1) is 18.4. The predicted molar refractivity (Wildman–Crippen MR) is 126 cm³/mol. The molecule has 0 bridgehead atoms. The van der Waals surface area contributed by atoms with Crippen molar-refractivity contribution < 1.29 is 4.74 Å². The van der Waals surface area contributed by atoms with Crippen molar-refractivity contribution >= 4 is 11.0 Å². The van der Waals surface area contributed by atoms with Gasteiger partial charge in [0.25, 0.3) is 0 Å². The molecule has 5 heteroatoms. The topological polar surface area (TPSA) is 43.8 Å². The number of aromatic nitrogens is 4. The summed E-state index contributed by atoms with van der Waals surface area (Å²) < 4.78 is 10.4. The fraction of sp³-hybridized carbons (Fsp3) is 0.0370. The third kappa shape index (κ3) is 3.11. The summed E-state index contributed by atoms with van der Waals surface area (Å²) in [6.45, 7) is 2.03. The maximum Gasteiger partial charge on any atom is 0.144 e. The Morgan fingerprint density at radius 2 is 1.38 bits per heavy atom. The average molecular weight is 416 g/mol. The van der Waals surface area contributed by atoms with Gasteiger partial charge in [-0.05, 0) is 55.5 Å². The summed E-state index contributed by atoms with van der Waals surface area (Å²) in [4.78, 5) is 9.38. The molecular formula is C27H20N4O. The molecule has 0 radical (unpaired) electrons. The van der Waals surface area contributed by atoms with Gasteiger partial charge >= 0.3 is 0 Å². The van der Waals surface area contributed by atoms with Crippen LogP contribution in [-0.4, -0.2) is 18.8 Å². The predicted octanol–water partition coefficient (Wildman–Crippen LogP) is 6.42. The first-order chi connectivity index (χ1) is 15.8. The highest BCUT2D eigenvalue weighted by Gasteiger charge is 2.11. The largest absolute Gasteiger partial charge is 0.457 e. The number of nitrogens with zero attached hydrogens (tertiary/aromatic N) is 4. The van der Waals surface area contributed by atoms with E-state index >= 15 is 0 Å². The Kier molecular flexibility index (Phi) is 4.25. The molecule has 6 rings (SSSR count). The van der Waals surface area contributed by atoms with Crippen molar-refractivity contribution in [2.75, 3.05) is 0 Å². The maximum absolute atomic E-state index is 6.24. The zero-order valence-corrected chi connectivity index (χ0v) is 17.5. The van der Waals surface area contributed by atoms with Gasteiger partial charge < -0.3 is 4.74 Å². The average Bonchev–Trinajstić information content (AvgIpc) is 3.41. The van der Waals surface area contributed by atoms with Crippen molar-refractivity contribution in [3.8, 4) is 34.3 Å². The molecule has 0 saturated carbocycles. The van der Waals surface area contributed by atoms with Crippen LogP contribution in [0.2, 0.25) is 0 Å². The lowest BCUT2D eigenvalue weighted by Crippen LogP contribution is -1.91. The van der Waals surface area contributed by atoms with Gasteiger partial charge in [0.05, 0.1) is 22.9 Å². The molecule has 0 unspecified atom stereocenters. The molecule has 154 valence electrons. The Morgan fingerprint density at radius 1 is 0.688 bits per heavy atom. The van der Waals surface area contributed by atoms with Crippen LogP contribution >= 0.6 is 0 Å². The molecule has 0 saturated heterocycles. The monoisotopic (exact) mass is 416 g/mol. The minimum absolute atomic E-state index is 0.761. The molecular weight excluding hydrogens is 396 g/mol. The third-order valence-electron chi connectivity index (χ3n) is 5.59. The van der Waals surface area contributed by atoms with E-state index in [-0.39, 0.29) is 0 Å². The first-order valence-electron chi connectivity index (χ1n) is 10.5. The van der Waals surface area contributed by atoms with E-state index in [1.54, 1.807) is 0 Å². The van der Waals surface area contributed by atoms with Crippen LogP contribution in [0.3, 0.4) is 0 Å². The van der Waals surface area contributed by atoms with Crippen LogP contribution in [0, 0.1) is 6.92 Å². The molecule has 0 N–H and O–H groups in total. The van der Waals surface area contributed by atoms with Gasteiger partial charge in [-0.2, -0.15) is 0 Å². The summed E-state index contributed by atoms with van der Waals surface area (Å²) in [5, 5.41) is 0. The molecule has 32 heavy (non-hydrogen) atoms. The van der Waals surface area contributed by atoms with E-state index < -0.39 is 0 Å². The molecule has 5 nitrogen and oxygen atoms in total. The molecule has 0 spiro atoms. The maximum atomic E-state index is 6.24. The molecule has 0 aliphatic carbocycles. The summed E-state index contributed by atoms with van der Waals surface area (Å²) in [7, 11) is 0. The Balaban J connectivity index is 1.35. The number of rotatable bonds is 4. The lowest BCUT2D eigenvalue weighted by Gasteiger charge is -2.09. The number of pyridine rings is 2. The Bertz CT molecular complexity index is 1580. The van der Waals surface area contributed by atoms with Crippen LogP contribution in [0.1, 0.15) is 5.69 Å². The number of benzene rings is 2. The standard InChI is InChI=1S/C27H20N4O/c1-19-25-13-3-5-15-31(25)27(29-19)21-9-7-12-24(17-21)32-23-11-6-8-20(16-23)26-28-18-22-10-2-4-14-30(22)26/h2-18H,1H3. The minimum Gasteiger partial charge on any atom is -0.457 e. The van der Waals surface area contributed by atoms with E-state index in [9.17, 15) is 0 Å². The minimum atomic E-state index is 0.761. The number of hydrogen-bond acceptors (Lipinski definition) is 3. The number of aryl methyl sites for hydroxylation is 1. The molecule has 0 aliphatic heterocycles. The lowest BCUT2D eigenvalue weighted by molar-refractivity contribution is 0.483. The number of hydrogen-bond donors (Lipinski definition) is 0. The van der Waals surface area contributed by atoms with Crippen LogP contribution in [0.25, 0.3) is 33.8 Å². The third-order valence-corrected chi connectivity index (χ3v) is 5.59. The summed E-state index contributed by atoms with van der Waals surface area (Å²) in [5.74, 6) is 3.31. The molecule has 4 heterocycles. The highest BCUT2D eigenvalue weighted by Crippen LogP contribution is 2.30. The SMILES string of the molecule is Cc1nc(-c2cccc(Oc3cccc(-c4ncc5ccccn45)c3)c2)n2ccccc12.